The first kappa shape index (κ1) is 18.7. The SMILES string of the molecule is CCOc1ccccc1N1CCN(C(=O)c2csc(C(=O)NC3CC3)n2)CC1. The molecule has 28 heavy (non-hydrogen) atoms. The fraction of sp³-hybridized carbons (Fsp3) is 0.450. The molecule has 8 heteroatoms. The summed E-state index contributed by atoms with van der Waals surface area (Å²) in [7, 11) is 0. The molecule has 1 aromatic heterocycles. The summed E-state index contributed by atoms with van der Waals surface area (Å²) in [5, 5.41) is 4.95. The largest absolute Gasteiger partial charge is 0.492 e. The molecule has 0 unspecified atom stereocenters. The fourth-order valence-corrected chi connectivity index (χ4v) is 3.95. The van der Waals surface area contributed by atoms with Crippen molar-refractivity contribution in [3.05, 3.63) is 40.3 Å². The van der Waals surface area contributed by atoms with Crippen LogP contribution < -0.4 is 15.0 Å². The molecule has 1 aliphatic carbocycles. The Morgan fingerprint density at radius 2 is 1.96 bits per heavy atom. The van der Waals surface area contributed by atoms with Crippen molar-refractivity contribution in [1.29, 1.82) is 0 Å². The van der Waals surface area contributed by atoms with E-state index in [0.717, 1.165) is 37.4 Å². The van der Waals surface area contributed by atoms with Crippen molar-refractivity contribution in [2.24, 2.45) is 0 Å². The molecular formula is C20H24N4O3S. The zero-order chi connectivity index (χ0) is 19.5. The first-order valence-corrected chi connectivity index (χ1v) is 10.6. The lowest BCUT2D eigenvalue weighted by Crippen LogP contribution is -2.49. The van der Waals surface area contributed by atoms with Gasteiger partial charge in [0, 0.05) is 37.6 Å². The van der Waals surface area contributed by atoms with Gasteiger partial charge in [-0.15, -0.1) is 11.3 Å². The third-order valence-corrected chi connectivity index (χ3v) is 5.74. The van der Waals surface area contributed by atoms with Crippen molar-refractivity contribution in [1.82, 2.24) is 15.2 Å². The molecule has 4 rings (SSSR count). The minimum atomic E-state index is -0.177. The molecule has 2 heterocycles. The summed E-state index contributed by atoms with van der Waals surface area (Å²) in [5.41, 5.74) is 1.42. The van der Waals surface area contributed by atoms with Gasteiger partial charge in [0.25, 0.3) is 11.8 Å². The molecule has 1 N–H and O–H groups in total. The number of piperazine rings is 1. The quantitative estimate of drug-likeness (QED) is 0.806. The highest BCUT2D eigenvalue weighted by molar-refractivity contribution is 7.11. The number of thiazole rings is 1. The van der Waals surface area contributed by atoms with Gasteiger partial charge in [-0.2, -0.15) is 0 Å². The van der Waals surface area contributed by atoms with Gasteiger partial charge >= 0.3 is 0 Å². The third kappa shape index (κ3) is 4.11. The lowest BCUT2D eigenvalue weighted by molar-refractivity contribution is 0.0741. The predicted molar refractivity (Wildman–Crippen MR) is 108 cm³/mol. The van der Waals surface area contributed by atoms with Gasteiger partial charge < -0.3 is 19.9 Å². The van der Waals surface area contributed by atoms with Crippen LogP contribution in [0.5, 0.6) is 5.75 Å². The highest BCUT2D eigenvalue weighted by Gasteiger charge is 2.28. The van der Waals surface area contributed by atoms with E-state index in [-0.39, 0.29) is 17.9 Å². The maximum Gasteiger partial charge on any atom is 0.280 e. The van der Waals surface area contributed by atoms with E-state index in [0.29, 0.717) is 30.4 Å². The van der Waals surface area contributed by atoms with E-state index >= 15 is 0 Å². The summed E-state index contributed by atoms with van der Waals surface area (Å²) >= 11 is 1.23. The van der Waals surface area contributed by atoms with E-state index < -0.39 is 0 Å². The number of anilines is 1. The second-order valence-electron chi connectivity index (χ2n) is 6.97. The number of benzene rings is 1. The van der Waals surface area contributed by atoms with Gasteiger partial charge in [-0.25, -0.2) is 4.98 Å². The lowest BCUT2D eigenvalue weighted by atomic mass is 10.2. The molecule has 148 valence electrons. The van der Waals surface area contributed by atoms with E-state index in [9.17, 15) is 9.59 Å². The molecule has 0 atom stereocenters. The number of nitrogens with one attached hydrogen (secondary N) is 1. The molecule has 0 radical (unpaired) electrons. The van der Waals surface area contributed by atoms with Crippen molar-refractivity contribution in [3.63, 3.8) is 0 Å². The molecule has 7 nitrogen and oxygen atoms in total. The number of nitrogens with zero attached hydrogens (tertiary/aromatic N) is 3. The second kappa shape index (κ2) is 8.18. The highest BCUT2D eigenvalue weighted by atomic mass is 32.1. The number of carbonyl (C=O) groups excluding carboxylic acids is 2. The van der Waals surface area contributed by atoms with E-state index in [4.69, 9.17) is 4.74 Å². The average molecular weight is 401 g/mol. The molecule has 1 aliphatic heterocycles. The first-order chi connectivity index (χ1) is 13.7. The summed E-state index contributed by atoms with van der Waals surface area (Å²) in [4.78, 5) is 33.2. The van der Waals surface area contributed by atoms with Gasteiger partial charge in [0.2, 0.25) is 0 Å². The Hall–Kier alpha value is -2.61. The van der Waals surface area contributed by atoms with E-state index in [1.54, 1.807) is 10.3 Å². The van der Waals surface area contributed by atoms with Gasteiger partial charge in [0.15, 0.2) is 5.01 Å². The van der Waals surface area contributed by atoms with E-state index in [2.05, 4.69) is 15.2 Å². The number of aromatic nitrogens is 1. The van der Waals surface area contributed by atoms with Crippen LogP contribution in [0.1, 0.15) is 40.1 Å². The van der Waals surface area contributed by atoms with Gasteiger partial charge in [-0.1, -0.05) is 12.1 Å². The number of carbonyl (C=O) groups is 2. The lowest BCUT2D eigenvalue weighted by Gasteiger charge is -2.36. The minimum Gasteiger partial charge on any atom is -0.492 e. The van der Waals surface area contributed by atoms with E-state index in [1.165, 1.54) is 11.3 Å². The molecule has 1 aromatic carbocycles. The van der Waals surface area contributed by atoms with Crippen LogP contribution in [-0.4, -0.2) is 60.5 Å². The Morgan fingerprint density at radius 1 is 1.21 bits per heavy atom. The van der Waals surface area contributed by atoms with Crippen molar-refractivity contribution in [2.75, 3.05) is 37.7 Å². The number of ether oxygens (including phenoxy) is 1. The number of rotatable bonds is 6. The van der Waals surface area contributed by atoms with Crippen LogP contribution in [0.15, 0.2) is 29.6 Å². The summed E-state index contributed by atoms with van der Waals surface area (Å²) < 4.78 is 5.72. The highest BCUT2D eigenvalue weighted by Crippen LogP contribution is 2.29. The molecule has 2 amide bonds. The summed E-state index contributed by atoms with van der Waals surface area (Å²) in [6, 6.07) is 8.27. The first-order valence-electron chi connectivity index (χ1n) is 9.68. The molecule has 1 saturated carbocycles. The predicted octanol–water partition coefficient (Wildman–Crippen LogP) is 2.40. The van der Waals surface area contributed by atoms with Gasteiger partial charge in [0.05, 0.1) is 12.3 Å². The van der Waals surface area contributed by atoms with Crippen molar-refractivity contribution in [2.45, 2.75) is 25.8 Å². The zero-order valence-corrected chi connectivity index (χ0v) is 16.7. The van der Waals surface area contributed by atoms with Crippen LogP contribution in [0, 0.1) is 0 Å². The average Bonchev–Trinajstić information content (AvgIpc) is 3.39. The molecule has 0 bridgehead atoms. The number of para-hydroxylation sites is 2. The van der Waals surface area contributed by atoms with Gasteiger partial charge in [-0.05, 0) is 31.9 Å². The maximum absolute atomic E-state index is 12.8. The Bertz CT molecular complexity index is 857. The monoisotopic (exact) mass is 400 g/mol. The summed E-state index contributed by atoms with van der Waals surface area (Å²) in [6.07, 6.45) is 2.05. The molecule has 2 fully saturated rings. The molecule has 2 aliphatic rings. The summed E-state index contributed by atoms with van der Waals surface area (Å²) in [6.45, 7) is 5.28. The number of amides is 2. The maximum atomic E-state index is 12.8. The van der Waals surface area contributed by atoms with Crippen molar-refractivity contribution >= 4 is 28.8 Å². The van der Waals surface area contributed by atoms with Crippen LogP contribution in [0.4, 0.5) is 5.69 Å². The van der Waals surface area contributed by atoms with Gasteiger partial charge in [0.1, 0.15) is 11.4 Å². The van der Waals surface area contributed by atoms with Gasteiger partial charge in [-0.3, -0.25) is 9.59 Å². The third-order valence-electron chi connectivity index (χ3n) is 4.90. The molecule has 2 aromatic rings. The summed E-state index contributed by atoms with van der Waals surface area (Å²) in [5.74, 6) is 0.582. The molecule has 0 spiro atoms. The van der Waals surface area contributed by atoms with Crippen molar-refractivity contribution < 1.29 is 14.3 Å². The second-order valence-corrected chi connectivity index (χ2v) is 7.82. The smallest absolute Gasteiger partial charge is 0.280 e. The van der Waals surface area contributed by atoms with Crippen LogP contribution in [0.2, 0.25) is 0 Å². The van der Waals surface area contributed by atoms with E-state index in [1.807, 2.05) is 31.2 Å². The standard InChI is InChI=1S/C20H24N4O3S/c1-2-27-17-6-4-3-5-16(17)23-9-11-24(12-10-23)20(26)15-13-28-19(22-15)18(25)21-14-7-8-14/h3-6,13-14H,2,7-12H2,1H3,(H,21,25). The van der Waals surface area contributed by atoms with Crippen molar-refractivity contribution in [3.8, 4) is 5.75 Å². The molecular weight excluding hydrogens is 376 g/mol. The number of hydrogen-bond acceptors (Lipinski definition) is 6. The Labute approximate surface area is 168 Å². The number of hydrogen-bond donors (Lipinski definition) is 1. The Kier molecular flexibility index (Phi) is 5.47. The Balaban J connectivity index is 1.36. The van der Waals surface area contributed by atoms with Crippen LogP contribution >= 0.6 is 11.3 Å². The normalized spacial score (nSPS) is 16.8. The zero-order valence-electron chi connectivity index (χ0n) is 15.9. The molecule has 1 saturated heterocycles. The fourth-order valence-electron chi connectivity index (χ4n) is 3.26. The minimum absolute atomic E-state index is 0.112. The Morgan fingerprint density at radius 3 is 2.68 bits per heavy atom. The van der Waals surface area contributed by atoms with Crippen LogP contribution in [0.25, 0.3) is 0 Å². The van der Waals surface area contributed by atoms with Crippen LogP contribution in [-0.2, 0) is 0 Å². The topological polar surface area (TPSA) is 74.8 Å². The van der Waals surface area contributed by atoms with Crippen LogP contribution in [0.3, 0.4) is 0 Å².